The smallest absolute Gasteiger partial charge is 0.274 e. The fourth-order valence-corrected chi connectivity index (χ4v) is 4.15. The minimum absolute atomic E-state index is 0.0321. The number of carbonyl (C=O) groups is 1. The van der Waals surface area contributed by atoms with Gasteiger partial charge in [-0.25, -0.2) is 4.39 Å². The molecule has 1 amide bonds. The SMILES string of the molecule is COc1ccccc1C(=O)N1CCC(Oc2nc3c(F)cccc3s2)CC1. The summed E-state index contributed by atoms with van der Waals surface area (Å²) in [5, 5.41) is 0.476. The topological polar surface area (TPSA) is 51.7 Å². The Morgan fingerprint density at radius 3 is 2.70 bits per heavy atom. The number of piperidine rings is 1. The zero-order chi connectivity index (χ0) is 18.8. The third kappa shape index (κ3) is 3.60. The molecular weight excluding hydrogens is 367 g/mol. The predicted octanol–water partition coefficient (Wildman–Crippen LogP) is 4.13. The summed E-state index contributed by atoms with van der Waals surface area (Å²) in [5.41, 5.74) is 0.919. The maximum atomic E-state index is 13.8. The molecule has 0 saturated carbocycles. The van der Waals surface area contributed by atoms with E-state index in [9.17, 15) is 9.18 Å². The molecule has 27 heavy (non-hydrogen) atoms. The average Bonchev–Trinajstić information content (AvgIpc) is 3.12. The van der Waals surface area contributed by atoms with E-state index in [1.807, 2.05) is 23.1 Å². The van der Waals surface area contributed by atoms with Gasteiger partial charge in [0.2, 0.25) is 0 Å². The van der Waals surface area contributed by atoms with Crippen LogP contribution < -0.4 is 9.47 Å². The number of amides is 1. The summed E-state index contributed by atoms with van der Waals surface area (Å²) in [4.78, 5) is 18.8. The van der Waals surface area contributed by atoms with Crippen molar-refractivity contribution in [3.8, 4) is 10.9 Å². The molecule has 140 valence electrons. The Kier molecular flexibility index (Phi) is 4.94. The Morgan fingerprint density at radius 2 is 1.96 bits per heavy atom. The number of methoxy groups -OCH3 is 1. The molecule has 7 heteroatoms. The van der Waals surface area contributed by atoms with E-state index in [2.05, 4.69) is 4.98 Å². The first-order valence-electron chi connectivity index (χ1n) is 8.79. The zero-order valence-corrected chi connectivity index (χ0v) is 15.7. The number of ether oxygens (including phenoxy) is 2. The molecule has 0 aliphatic carbocycles. The molecule has 0 spiro atoms. The van der Waals surface area contributed by atoms with Crippen LogP contribution in [0.5, 0.6) is 10.9 Å². The van der Waals surface area contributed by atoms with Crippen LogP contribution in [0.15, 0.2) is 42.5 Å². The highest BCUT2D eigenvalue weighted by Gasteiger charge is 2.27. The van der Waals surface area contributed by atoms with Gasteiger partial charge in [0.15, 0.2) is 0 Å². The number of para-hydroxylation sites is 2. The van der Waals surface area contributed by atoms with Crippen molar-refractivity contribution in [1.82, 2.24) is 9.88 Å². The summed E-state index contributed by atoms with van der Waals surface area (Å²) in [6.45, 7) is 1.20. The van der Waals surface area contributed by atoms with Crippen LogP contribution >= 0.6 is 11.3 Å². The second-order valence-electron chi connectivity index (χ2n) is 6.38. The second kappa shape index (κ2) is 7.52. The minimum atomic E-state index is -0.337. The lowest BCUT2D eigenvalue weighted by Crippen LogP contribution is -2.41. The standard InChI is InChI=1S/C20H19FN2O3S/c1-25-16-7-3-2-5-14(16)19(24)23-11-9-13(10-12-23)26-20-22-18-15(21)6-4-8-17(18)27-20/h2-8,13H,9-12H2,1H3. The van der Waals surface area contributed by atoms with Crippen molar-refractivity contribution in [2.75, 3.05) is 20.2 Å². The maximum Gasteiger partial charge on any atom is 0.274 e. The molecule has 2 heterocycles. The highest BCUT2D eigenvalue weighted by Crippen LogP contribution is 2.31. The van der Waals surface area contributed by atoms with E-state index in [1.54, 1.807) is 25.3 Å². The Balaban J connectivity index is 1.39. The Morgan fingerprint density at radius 1 is 1.19 bits per heavy atom. The molecule has 1 aliphatic rings. The Labute approximate surface area is 160 Å². The van der Waals surface area contributed by atoms with E-state index >= 15 is 0 Å². The number of halogens is 1. The molecule has 5 nitrogen and oxygen atoms in total. The second-order valence-corrected chi connectivity index (χ2v) is 7.37. The third-order valence-corrected chi connectivity index (χ3v) is 5.60. The summed E-state index contributed by atoms with van der Waals surface area (Å²) in [7, 11) is 1.56. The number of carbonyl (C=O) groups excluding carboxylic acids is 1. The highest BCUT2D eigenvalue weighted by molar-refractivity contribution is 7.20. The van der Waals surface area contributed by atoms with Crippen LogP contribution in [-0.2, 0) is 0 Å². The molecule has 0 atom stereocenters. The summed E-state index contributed by atoms with van der Waals surface area (Å²) in [5.74, 6) is 0.209. The number of thiazole rings is 1. The first kappa shape index (κ1) is 17.7. The fourth-order valence-electron chi connectivity index (χ4n) is 3.26. The quantitative estimate of drug-likeness (QED) is 0.677. The van der Waals surface area contributed by atoms with Gasteiger partial charge in [-0.3, -0.25) is 4.79 Å². The number of nitrogens with zero attached hydrogens (tertiary/aromatic N) is 2. The lowest BCUT2D eigenvalue weighted by Gasteiger charge is -2.31. The summed E-state index contributed by atoms with van der Waals surface area (Å²) in [6.07, 6.45) is 1.38. The van der Waals surface area contributed by atoms with Gasteiger partial charge in [-0.1, -0.05) is 29.5 Å². The van der Waals surface area contributed by atoms with Crippen molar-refractivity contribution in [3.63, 3.8) is 0 Å². The Bertz CT molecular complexity index is 967. The number of rotatable bonds is 4. The Hall–Kier alpha value is -2.67. The monoisotopic (exact) mass is 386 g/mol. The van der Waals surface area contributed by atoms with E-state index in [0.29, 0.717) is 48.0 Å². The molecule has 1 aromatic heterocycles. The number of fused-ring (bicyclic) bond motifs is 1. The number of aromatic nitrogens is 1. The first-order chi connectivity index (χ1) is 13.2. The molecule has 2 aromatic carbocycles. The molecule has 4 rings (SSSR count). The molecule has 1 saturated heterocycles. The lowest BCUT2D eigenvalue weighted by atomic mass is 10.1. The van der Waals surface area contributed by atoms with Crippen LogP contribution in [0, 0.1) is 5.82 Å². The van der Waals surface area contributed by atoms with Gasteiger partial charge < -0.3 is 14.4 Å². The number of likely N-dealkylation sites (tertiary alicyclic amines) is 1. The zero-order valence-electron chi connectivity index (χ0n) is 14.9. The van der Waals surface area contributed by atoms with E-state index in [0.717, 1.165) is 4.70 Å². The van der Waals surface area contributed by atoms with Crippen molar-refractivity contribution in [2.45, 2.75) is 18.9 Å². The summed E-state index contributed by atoms with van der Waals surface area (Å²) in [6, 6.07) is 12.1. The van der Waals surface area contributed by atoms with Gasteiger partial charge in [0.05, 0.1) is 17.4 Å². The highest BCUT2D eigenvalue weighted by atomic mass is 32.1. The van der Waals surface area contributed by atoms with Crippen LogP contribution in [0.3, 0.4) is 0 Å². The van der Waals surface area contributed by atoms with Gasteiger partial charge in [-0.15, -0.1) is 0 Å². The van der Waals surface area contributed by atoms with E-state index in [-0.39, 0.29) is 17.8 Å². The van der Waals surface area contributed by atoms with Crippen molar-refractivity contribution < 1.29 is 18.7 Å². The minimum Gasteiger partial charge on any atom is -0.496 e. The molecule has 3 aromatic rings. The van der Waals surface area contributed by atoms with Gasteiger partial charge in [0, 0.05) is 25.9 Å². The van der Waals surface area contributed by atoms with Crippen LogP contribution in [0.1, 0.15) is 23.2 Å². The number of benzene rings is 2. The molecule has 0 bridgehead atoms. The average molecular weight is 386 g/mol. The van der Waals surface area contributed by atoms with Crippen molar-refractivity contribution >= 4 is 27.5 Å². The predicted molar refractivity (Wildman–Crippen MR) is 102 cm³/mol. The van der Waals surface area contributed by atoms with Gasteiger partial charge >= 0.3 is 0 Å². The summed E-state index contributed by atoms with van der Waals surface area (Å²) >= 11 is 1.34. The van der Waals surface area contributed by atoms with Gasteiger partial charge in [-0.05, 0) is 24.3 Å². The maximum absolute atomic E-state index is 13.8. The van der Waals surface area contributed by atoms with E-state index in [1.165, 1.54) is 17.4 Å². The van der Waals surface area contributed by atoms with E-state index < -0.39 is 0 Å². The van der Waals surface area contributed by atoms with Crippen LogP contribution in [0.4, 0.5) is 4.39 Å². The molecule has 0 N–H and O–H groups in total. The third-order valence-electron chi connectivity index (χ3n) is 4.68. The normalized spacial score (nSPS) is 15.1. The molecule has 1 aliphatic heterocycles. The summed E-state index contributed by atoms with van der Waals surface area (Å²) < 4.78 is 25.8. The molecule has 1 fully saturated rings. The largest absolute Gasteiger partial charge is 0.496 e. The molecule has 0 unspecified atom stereocenters. The molecule has 0 radical (unpaired) electrons. The van der Waals surface area contributed by atoms with Crippen molar-refractivity contribution in [2.24, 2.45) is 0 Å². The number of hydrogen-bond acceptors (Lipinski definition) is 5. The van der Waals surface area contributed by atoms with Gasteiger partial charge in [0.1, 0.15) is 23.2 Å². The van der Waals surface area contributed by atoms with Crippen molar-refractivity contribution in [1.29, 1.82) is 0 Å². The van der Waals surface area contributed by atoms with Crippen molar-refractivity contribution in [3.05, 3.63) is 53.8 Å². The fraction of sp³-hybridized carbons (Fsp3) is 0.300. The van der Waals surface area contributed by atoms with Crippen LogP contribution in [0.2, 0.25) is 0 Å². The molecular formula is C20H19FN2O3S. The lowest BCUT2D eigenvalue weighted by molar-refractivity contribution is 0.0592. The van der Waals surface area contributed by atoms with Crippen LogP contribution in [0.25, 0.3) is 10.2 Å². The van der Waals surface area contributed by atoms with Crippen LogP contribution in [-0.4, -0.2) is 42.1 Å². The number of hydrogen-bond donors (Lipinski definition) is 0. The van der Waals surface area contributed by atoms with Gasteiger partial charge in [0.25, 0.3) is 11.1 Å². The first-order valence-corrected chi connectivity index (χ1v) is 9.61. The van der Waals surface area contributed by atoms with E-state index in [4.69, 9.17) is 9.47 Å². The van der Waals surface area contributed by atoms with Gasteiger partial charge in [-0.2, -0.15) is 4.98 Å².